The summed E-state index contributed by atoms with van der Waals surface area (Å²) in [4.78, 5) is 0. The first kappa shape index (κ1) is 11.5. The molecule has 82 valence electrons. The third-order valence-corrected chi connectivity index (χ3v) is 2.83. The number of H-pyrrole nitrogens is 1. The highest BCUT2D eigenvalue weighted by Crippen LogP contribution is 2.29. The molecule has 0 aliphatic carbocycles. The van der Waals surface area contributed by atoms with Crippen LogP contribution >= 0.6 is 35.4 Å². The lowest BCUT2D eigenvalue weighted by atomic mass is 10.1. The van der Waals surface area contributed by atoms with E-state index in [0.29, 0.717) is 20.8 Å². The molecule has 16 heavy (non-hydrogen) atoms. The summed E-state index contributed by atoms with van der Waals surface area (Å²) in [6.45, 7) is 0. The first-order valence-electron chi connectivity index (χ1n) is 4.28. The molecule has 0 aliphatic heterocycles. The minimum absolute atomic E-state index is 0.240. The molecule has 0 atom stereocenters. The minimum atomic E-state index is -0.387. The van der Waals surface area contributed by atoms with E-state index in [9.17, 15) is 4.39 Å². The number of hydrogen-bond donors (Lipinski definition) is 1. The lowest BCUT2D eigenvalue weighted by Gasteiger charge is -2.04. The summed E-state index contributed by atoms with van der Waals surface area (Å²) >= 11 is 16.7. The van der Waals surface area contributed by atoms with Gasteiger partial charge in [-0.15, -0.1) is 0 Å². The summed E-state index contributed by atoms with van der Waals surface area (Å²) in [7, 11) is 0. The predicted molar refractivity (Wildman–Crippen MR) is 64.8 cm³/mol. The maximum atomic E-state index is 13.1. The quantitative estimate of drug-likeness (QED) is 0.788. The second-order valence-corrected chi connectivity index (χ2v) is 4.26. The van der Waals surface area contributed by atoms with Gasteiger partial charge in [-0.25, -0.2) is 4.39 Å². The van der Waals surface area contributed by atoms with Crippen LogP contribution in [0.3, 0.4) is 0 Å². The molecular weight excluding hydrogens is 270 g/mol. The number of nitrogens with zero attached hydrogens (tertiary/aromatic N) is 1. The van der Waals surface area contributed by atoms with Crippen LogP contribution < -0.4 is 0 Å². The SMILES string of the molecule is Fc1ccc(Cl)c(-c2cc(Cl)n[nH]c2=S)c1. The molecule has 1 aromatic heterocycles. The first-order valence-corrected chi connectivity index (χ1v) is 5.45. The highest BCUT2D eigenvalue weighted by Gasteiger charge is 2.08. The van der Waals surface area contributed by atoms with Crippen molar-refractivity contribution in [1.82, 2.24) is 10.2 Å². The number of halogens is 3. The van der Waals surface area contributed by atoms with Crippen molar-refractivity contribution in [2.45, 2.75) is 0 Å². The molecule has 1 N–H and O–H groups in total. The smallest absolute Gasteiger partial charge is 0.150 e. The number of aromatic amines is 1. The lowest BCUT2D eigenvalue weighted by Crippen LogP contribution is -1.89. The third kappa shape index (κ3) is 2.24. The fourth-order valence-electron chi connectivity index (χ4n) is 1.29. The number of benzene rings is 1. The average molecular weight is 275 g/mol. The number of rotatable bonds is 1. The number of nitrogens with one attached hydrogen (secondary N) is 1. The molecular formula is C10H5Cl2FN2S. The largest absolute Gasteiger partial charge is 0.266 e. The molecule has 0 saturated heterocycles. The second-order valence-electron chi connectivity index (χ2n) is 3.06. The Labute approximate surface area is 106 Å². The molecule has 0 saturated carbocycles. The fourth-order valence-corrected chi connectivity index (χ4v) is 1.87. The Bertz CT molecular complexity index is 598. The molecule has 0 radical (unpaired) electrons. The van der Waals surface area contributed by atoms with E-state index in [0.717, 1.165) is 0 Å². The zero-order valence-corrected chi connectivity index (χ0v) is 10.1. The lowest BCUT2D eigenvalue weighted by molar-refractivity contribution is 0.628. The third-order valence-electron chi connectivity index (χ3n) is 1.99. The molecule has 0 spiro atoms. The van der Waals surface area contributed by atoms with Gasteiger partial charge in [0.1, 0.15) is 15.6 Å². The van der Waals surface area contributed by atoms with Gasteiger partial charge in [0.2, 0.25) is 0 Å². The van der Waals surface area contributed by atoms with E-state index in [1.165, 1.54) is 18.2 Å². The minimum Gasteiger partial charge on any atom is -0.266 e. The first-order chi connectivity index (χ1) is 7.58. The van der Waals surface area contributed by atoms with Gasteiger partial charge in [0.05, 0.1) is 0 Å². The Morgan fingerprint density at radius 3 is 2.69 bits per heavy atom. The van der Waals surface area contributed by atoms with E-state index in [-0.39, 0.29) is 11.0 Å². The molecule has 1 heterocycles. The zero-order chi connectivity index (χ0) is 11.7. The Hall–Kier alpha value is -0.970. The van der Waals surface area contributed by atoms with E-state index < -0.39 is 0 Å². The summed E-state index contributed by atoms with van der Waals surface area (Å²) in [6.07, 6.45) is 0. The van der Waals surface area contributed by atoms with Gasteiger partial charge < -0.3 is 0 Å². The van der Waals surface area contributed by atoms with Gasteiger partial charge in [-0.05, 0) is 24.3 Å². The van der Waals surface area contributed by atoms with E-state index in [1.807, 2.05) is 0 Å². The summed E-state index contributed by atoms with van der Waals surface area (Å²) in [5, 5.41) is 6.93. The fraction of sp³-hybridized carbons (Fsp3) is 0. The van der Waals surface area contributed by atoms with Crippen molar-refractivity contribution in [3.63, 3.8) is 0 Å². The van der Waals surface area contributed by atoms with Crippen LogP contribution in [-0.2, 0) is 0 Å². The van der Waals surface area contributed by atoms with Crippen LogP contribution in [0.2, 0.25) is 10.2 Å². The van der Waals surface area contributed by atoms with E-state index in [1.54, 1.807) is 6.07 Å². The van der Waals surface area contributed by atoms with Crippen LogP contribution in [-0.4, -0.2) is 10.2 Å². The zero-order valence-electron chi connectivity index (χ0n) is 7.80. The Morgan fingerprint density at radius 2 is 1.94 bits per heavy atom. The van der Waals surface area contributed by atoms with E-state index in [2.05, 4.69) is 10.2 Å². The number of aromatic nitrogens is 2. The summed E-state index contributed by atoms with van der Waals surface area (Å²) < 4.78 is 13.5. The van der Waals surface area contributed by atoms with Crippen LogP contribution in [0.15, 0.2) is 24.3 Å². The topological polar surface area (TPSA) is 28.7 Å². The standard InChI is InChI=1S/C10H5Cl2FN2S/c11-8-2-1-5(13)3-6(8)7-4-9(12)14-15-10(7)16/h1-4H,(H,15,16). The molecule has 2 rings (SSSR count). The van der Waals surface area contributed by atoms with Crippen molar-refractivity contribution in [3.8, 4) is 11.1 Å². The van der Waals surface area contributed by atoms with Crippen LogP contribution in [0.5, 0.6) is 0 Å². The molecule has 2 aromatic rings. The summed E-state index contributed by atoms with van der Waals surface area (Å²) in [5.41, 5.74) is 1.05. The predicted octanol–water partition coefficient (Wildman–Crippen LogP) is 4.25. The van der Waals surface area contributed by atoms with Crippen LogP contribution in [0.25, 0.3) is 11.1 Å². The van der Waals surface area contributed by atoms with Crippen molar-refractivity contribution < 1.29 is 4.39 Å². The molecule has 2 nitrogen and oxygen atoms in total. The maximum absolute atomic E-state index is 13.1. The van der Waals surface area contributed by atoms with Crippen molar-refractivity contribution in [2.24, 2.45) is 0 Å². The molecule has 0 unspecified atom stereocenters. The van der Waals surface area contributed by atoms with Gasteiger partial charge in [-0.3, -0.25) is 5.10 Å². The van der Waals surface area contributed by atoms with Gasteiger partial charge >= 0.3 is 0 Å². The normalized spacial score (nSPS) is 10.4. The Balaban J connectivity index is 2.71. The van der Waals surface area contributed by atoms with Crippen LogP contribution in [0.1, 0.15) is 0 Å². The summed E-state index contributed by atoms with van der Waals surface area (Å²) in [5.74, 6) is -0.387. The highest BCUT2D eigenvalue weighted by molar-refractivity contribution is 7.71. The van der Waals surface area contributed by atoms with Crippen molar-refractivity contribution >= 4 is 35.4 Å². The average Bonchev–Trinajstić information content (AvgIpc) is 2.25. The Morgan fingerprint density at radius 1 is 1.19 bits per heavy atom. The molecule has 1 aromatic carbocycles. The maximum Gasteiger partial charge on any atom is 0.150 e. The molecule has 0 amide bonds. The van der Waals surface area contributed by atoms with Crippen molar-refractivity contribution in [2.75, 3.05) is 0 Å². The molecule has 0 aliphatic rings. The van der Waals surface area contributed by atoms with Gasteiger partial charge in [-0.2, -0.15) is 5.10 Å². The van der Waals surface area contributed by atoms with Crippen LogP contribution in [0.4, 0.5) is 4.39 Å². The van der Waals surface area contributed by atoms with Gasteiger partial charge in [0.25, 0.3) is 0 Å². The van der Waals surface area contributed by atoms with Crippen molar-refractivity contribution in [3.05, 3.63) is 44.9 Å². The summed E-state index contributed by atoms with van der Waals surface area (Å²) in [6, 6.07) is 5.59. The van der Waals surface area contributed by atoms with Gasteiger partial charge in [-0.1, -0.05) is 35.4 Å². The van der Waals surface area contributed by atoms with E-state index >= 15 is 0 Å². The van der Waals surface area contributed by atoms with Gasteiger partial charge in [0.15, 0.2) is 0 Å². The highest BCUT2D eigenvalue weighted by atomic mass is 35.5. The molecule has 6 heteroatoms. The van der Waals surface area contributed by atoms with E-state index in [4.69, 9.17) is 35.4 Å². The molecule has 0 fully saturated rings. The van der Waals surface area contributed by atoms with Gasteiger partial charge in [0, 0.05) is 16.1 Å². The Kier molecular flexibility index (Phi) is 3.23. The second kappa shape index (κ2) is 4.49. The van der Waals surface area contributed by atoms with Crippen molar-refractivity contribution in [1.29, 1.82) is 0 Å². The molecule has 0 bridgehead atoms. The monoisotopic (exact) mass is 274 g/mol. The van der Waals surface area contributed by atoms with Crippen LogP contribution in [0, 0.1) is 10.5 Å². The number of hydrogen-bond acceptors (Lipinski definition) is 2.